The second kappa shape index (κ2) is 9.57. The highest BCUT2D eigenvalue weighted by atomic mass is 16.5. The summed E-state index contributed by atoms with van der Waals surface area (Å²) in [7, 11) is 1.83. The highest BCUT2D eigenvalue weighted by Crippen LogP contribution is 2.28. The molecule has 2 aromatic carbocycles. The minimum atomic E-state index is 0.00698. The van der Waals surface area contributed by atoms with E-state index < -0.39 is 0 Å². The lowest BCUT2D eigenvalue weighted by atomic mass is 9.97. The molecule has 0 amide bonds. The summed E-state index contributed by atoms with van der Waals surface area (Å²) < 4.78 is 7.26. The smallest absolute Gasteiger partial charge is 0.261 e. The first-order valence-electron chi connectivity index (χ1n) is 11.6. The van der Waals surface area contributed by atoms with Crippen molar-refractivity contribution in [3.63, 3.8) is 0 Å². The first-order chi connectivity index (χ1) is 16.7. The predicted octanol–water partition coefficient (Wildman–Crippen LogP) is 1.97. The molecule has 34 heavy (non-hydrogen) atoms. The van der Waals surface area contributed by atoms with Crippen molar-refractivity contribution in [3.05, 3.63) is 88.4 Å². The van der Waals surface area contributed by atoms with Gasteiger partial charge in [0.25, 0.3) is 5.56 Å². The van der Waals surface area contributed by atoms with Gasteiger partial charge in [-0.05, 0) is 35.9 Å². The molecule has 1 aliphatic rings. The van der Waals surface area contributed by atoms with Gasteiger partial charge < -0.3 is 10.5 Å². The van der Waals surface area contributed by atoms with Crippen molar-refractivity contribution in [1.29, 1.82) is 0 Å². The Kier molecular flexibility index (Phi) is 6.18. The maximum absolute atomic E-state index is 13.5. The molecule has 1 saturated heterocycles. The van der Waals surface area contributed by atoms with Crippen LogP contribution in [-0.2, 0) is 11.2 Å². The number of ether oxygens (including phenoxy) is 1. The van der Waals surface area contributed by atoms with Gasteiger partial charge in [0.2, 0.25) is 0 Å². The maximum Gasteiger partial charge on any atom is 0.261 e. The van der Waals surface area contributed by atoms with E-state index in [1.807, 2.05) is 55.9 Å². The molecule has 0 atom stereocenters. The molecule has 172 valence electrons. The largest absolute Gasteiger partial charge is 0.404 e. The van der Waals surface area contributed by atoms with Crippen LogP contribution in [0.25, 0.3) is 27.2 Å². The average molecular weight is 455 g/mol. The van der Waals surface area contributed by atoms with Gasteiger partial charge in [-0.1, -0.05) is 30.3 Å². The summed E-state index contributed by atoms with van der Waals surface area (Å²) in [6.07, 6.45) is 9.19. The highest BCUT2D eigenvalue weighted by molar-refractivity contribution is 6.07. The number of fused-ring (bicyclic) bond motifs is 3. The third-order valence-electron chi connectivity index (χ3n) is 6.47. The van der Waals surface area contributed by atoms with E-state index in [1.54, 1.807) is 17.1 Å². The van der Waals surface area contributed by atoms with Gasteiger partial charge in [-0.15, -0.1) is 0 Å². The summed E-state index contributed by atoms with van der Waals surface area (Å²) in [4.78, 5) is 25.9. The van der Waals surface area contributed by atoms with E-state index in [1.165, 1.54) is 0 Å². The van der Waals surface area contributed by atoms with Crippen molar-refractivity contribution in [2.45, 2.75) is 25.3 Å². The van der Waals surface area contributed by atoms with Crippen molar-refractivity contribution >= 4 is 33.5 Å². The molecule has 7 nitrogen and oxygen atoms in total. The topological polar surface area (TPSA) is 97.0 Å². The molecular formula is C27H28N5O2+. The van der Waals surface area contributed by atoms with Crippen LogP contribution in [0.15, 0.2) is 66.0 Å². The van der Waals surface area contributed by atoms with Crippen LogP contribution in [0.3, 0.4) is 0 Å². The lowest BCUT2D eigenvalue weighted by molar-refractivity contribution is -0.412. The molecule has 4 aromatic rings. The number of hydrogen-bond acceptors (Lipinski definition) is 5. The fraction of sp³-hybridized carbons (Fsp3) is 0.259. The van der Waals surface area contributed by atoms with E-state index >= 15 is 0 Å². The Morgan fingerprint density at radius 3 is 2.65 bits per heavy atom. The second-order valence-electron chi connectivity index (χ2n) is 8.55. The predicted molar refractivity (Wildman–Crippen MR) is 135 cm³/mol. The van der Waals surface area contributed by atoms with E-state index in [0.29, 0.717) is 25.0 Å². The molecule has 0 aliphatic carbocycles. The summed E-state index contributed by atoms with van der Waals surface area (Å²) >= 11 is 0. The molecule has 0 saturated carbocycles. The first kappa shape index (κ1) is 22.0. The molecule has 1 fully saturated rings. The van der Waals surface area contributed by atoms with Crippen LogP contribution < -0.4 is 16.3 Å². The van der Waals surface area contributed by atoms with Crippen molar-refractivity contribution < 1.29 is 9.73 Å². The van der Waals surface area contributed by atoms with Crippen LogP contribution in [-0.4, -0.2) is 41.0 Å². The molecule has 2 aromatic heterocycles. The van der Waals surface area contributed by atoms with Gasteiger partial charge in [0, 0.05) is 54.7 Å². The number of aromatic nitrogens is 3. The molecule has 0 spiro atoms. The third kappa shape index (κ3) is 4.10. The second-order valence-corrected chi connectivity index (χ2v) is 8.55. The molecule has 5 rings (SSSR count). The number of rotatable bonds is 5. The Morgan fingerprint density at radius 1 is 1.15 bits per heavy atom. The fourth-order valence-electron chi connectivity index (χ4n) is 4.70. The number of allylic oxidation sites excluding steroid dienone is 1. The van der Waals surface area contributed by atoms with Gasteiger partial charge in [0.15, 0.2) is 6.21 Å². The fourth-order valence-corrected chi connectivity index (χ4v) is 4.70. The minimum absolute atomic E-state index is 0.00698. The number of benzene rings is 2. The van der Waals surface area contributed by atoms with Crippen molar-refractivity contribution in [1.82, 2.24) is 14.5 Å². The standard InChI is InChI=1S/C27H27N5O2/c1-29-15-20(14-28)18-6-7-21(30-16-18)12-19-13-25-26(24-5-3-2-4-23(19)24)31-17-32(27(25)33)22-8-10-34-11-9-22/h2-7,13-17,22H,8-12,28H2,1H3/p+1. The molecule has 0 unspecified atom stereocenters. The van der Waals surface area contributed by atoms with Gasteiger partial charge in [0.1, 0.15) is 7.05 Å². The Bertz CT molecular complexity index is 1450. The van der Waals surface area contributed by atoms with Gasteiger partial charge in [-0.2, -0.15) is 0 Å². The van der Waals surface area contributed by atoms with Crippen molar-refractivity contribution in [2.24, 2.45) is 5.73 Å². The molecular weight excluding hydrogens is 426 g/mol. The molecule has 0 radical (unpaired) electrons. The van der Waals surface area contributed by atoms with Crippen LogP contribution in [0, 0.1) is 0 Å². The zero-order valence-electron chi connectivity index (χ0n) is 19.2. The Morgan fingerprint density at radius 2 is 1.94 bits per heavy atom. The lowest BCUT2D eigenvalue weighted by Gasteiger charge is -2.24. The first-order valence-corrected chi connectivity index (χ1v) is 11.6. The number of nitrogens with two attached hydrogens (primary N) is 1. The van der Waals surface area contributed by atoms with Crippen LogP contribution >= 0.6 is 0 Å². The SMILES string of the molecule is C[NH+]=CC(=CN)c1ccc(Cc2cc3c(=O)n(C4CCOCC4)cnc3c3ccccc23)nc1. The molecule has 1 aliphatic heterocycles. The van der Waals surface area contributed by atoms with Gasteiger partial charge in [-0.3, -0.25) is 19.3 Å². The minimum Gasteiger partial charge on any atom is -0.404 e. The van der Waals surface area contributed by atoms with Crippen LogP contribution in [0.4, 0.5) is 0 Å². The van der Waals surface area contributed by atoms with Crippen LogP contribution in [0.5, 0.6) is 0 Å². The van der Waals surface area contributed by atoms with Crippen LogP contribution in [0.1, 0.15) is 35.7 Å². The van der Waals surface area contributed by atoms with Gasteiger partial charge >= 0.3 is 0 Å². The summed E-state index contributed by atoms with van der Waals surface area (Å²) in [6, 6.07) is 14.3. The maximum atomic E-state index is 13.5. The highest BCUT2D eigenvalue weighted by Gasteiger charge is 2.19. The molecule has 7 heteroatoms. The van der Waals surface area contributed by atoms with Gasteiger partial charge in [-0.25, -0.2) is 4.98 Å². The summed E-state index contributed by atoms with van der Waals surface area (Å²) in [5, 5.41) is 2.72. The number of nitrogens with zero attached hydrogens (tertiary/aromatic N) is 3. The zero-order chi connectivity index (χ0) is 23.5. The molecule has 0 bridgehead atoms. The normalized spacial score (nSPS) is 15.5. The number of pyridine rings is 1. The van der Waals surface area contributed by atoms with Crippen molar-refractivity contribution in [3.8, 4) is 0 Å². The van der Waals surface area contributed by atoms with E-state index in [0.717, 1.165) is 51.5 Å². The number of nitrogens with one attached hydrogen (secondary N) is 1. The Hall–Kier alpha value is -3.84. The van der Waals surface area contributed by atoms with Gasteiger partial charge in [0.05, 0.1) is 22.8 Å². The summed E-state index contributed by atoms with van der Waals surface area (Å²) in [5.74, 6) is 0. The summed E-state index contributed by atoms with van der Waals surface area (Å²) in [5.41, 5.74) is 10.3. The Labute approximate surface area is 197 Å². The van der Waals surface area contributed by atoms with E-state index in [2.05, 4.69) is 16.0 Å². The third-order valence-corrected chi connectivity index (χ3v) is 6.47. The van der Waals surface area contributed by atoms with E-state index in [9.17, 15) is 4.79 Å². The quantitative estimate of drug-likeness (QED) is 0.355. The van der Waals surface area contributed by atoms with E-state index in [4.69, 9.17) is 15.5 Å². The summed E-state index contributed by atoms with van der Waals surface area (Å²) in [6.45, 7) is 1.35. The van der Waals surface area contributed by atoms with Crippen LogP contribution in [0.2, 0.25) is 0 Å². The Balaban J connectivity index is 1.58. The van der Waals surface area contributed by atoms with Crippen molar-refractivity contribution in [2.75, 3.05) is 20.3 Å². The average Bonchev–Trinajstić information content (AvgIpc) is 2.89. The molecule has 3 N–H and O–H groups in total. The molecule has 3 heterocycles. The number of hydrogen-bond donors (Lipinski definition) is 2. The lowest BCUT2D eigenvalue weighted by Crippen LogP contribution is -2.63. The zero-order valence-corrected chi connectivity index (χ0v) is 19.2. The van der Waals surface area contributed by atoms with E-state index in [-0.39, 0.29) is 11.6 Å². The monoisotopic (exact) mass is 454 g/mol.